The minimum absolute atomic E-state index is 0.119. The quantitative estimate of drug-likeness (QED) is 0.721. The minimum Gasteiger partial charge on any atom is -0.399 e. The molecule has 0 spiro atoms. The van der Waals surface area contributed by atoms with E-state index in [1.807, 2.05) is 31.2 Å². The number of nitrogens with two attached hydrogens (primary N) is 1. The Balaban J connectivity index is 2.30. The van der Waals surface area contributed by atoms with E-state index in [0.29, 0.717) is 6.42 Å². The number of nitrogen functional groups attached to an aromatic ring is 1. The molecule has 3 nitrogen and oxygen atoms in total. The molecule has 0 bridgehead atoms. The fourth-order valence-electron chi connectivity index (χ4n) is 1.29. The molecule has 1 amide bonds. The second kappa shape index (κ2) is 6.06. The minimum atomic E-state index is 0.119. The Labute approximate surface area is 90.7 Å². The molecule has 0 unspecified atom stereocenters. The van der Waals surface area contributed by atoms with E-state index < -0.39 is 0 Å². The number of carbonyl (C=O) groups excluding carboxylic acids is 1. The summed E-state index contributed by atoms with van der Waals surface area (Å²) >= 11 is 0. The van der Waals surface area contributed by atoms with Crippen LogP contribution >= 0.6 is 0 Å². The average Bonchev–Trinajstić information content (AvgIpc) is 2.25. The van der Waals surface area contributed by atoms with E-state index in [9.17, 15) is 4.79 Å². The van der Waals surface area contributed by atoms with E-state index in [1.165, 1.54) is 0 Å². The topological polar surface area (TPSA) is 55.1 Å². The average molecular weight is 206 g/mol. The van der Waals surface area contributed by atoms with Crippen molar-refractivity contribution in [2.45, 2.75) is 26.2 Å². The summed E-state index contributed by atoms with van der Waals surface area (Å²) in [5, 5.41) is 2.85. The number of anilines is 1. The second-order valence-corrected chi connectivity index (χ2v) is 3.59. The Morgan fingerprint density at radius 3 is 2.60 bits per heavy atom. The lowest BCUT2D eigenvalue weighted by molar-refractivity contribution is -0.121. The molecule has 3 heteroatoms. The van der Waals surface area contributed by atoms with Crippen LogP contribution in [0.3, 0.4) is 0 Å². The molecule has 15 heavy (non-hydrogen) atoms. The first-order valence-electron chi connectivity index (χ1n) is 5.33. The Bertz CT molecular complexity index is 306. The number of benzene rings is 1. The number of hydrogen-bond acceptors (Lipinski definition) is 2. The summed E-state index contributed by atoms with van der Waals surface area (Å²) in [5.74, 6) is 0.119. The predicted molar refractivity (Wildman–Crippen MR) is 62.5 cm³/mol. The Kier molecular flexibility index (Phi) is 4.68. The van der Waals surface area contributed by atoms with Gasteiger partial charge in [0.05, 0.1) is 0 Å². The second-order valence-electron chi connectivity index (χ2n) is 3.59. The highest BCUT2D eigenvalue weighted by Crippen LogP contribution is 2.07. The van der Waals surface area contributed by atoms with Crippen LogP contribution in [0.5, 0.6) is 0 Å². The highest BCUT2D eigenvalue weighted by Gasteiger charge is 2.00. The third kappa shape index (κ3) is 4.49. The van der Waals surface area contributed by atoms with Gasteiger partial charge in [-0.2, -0.15) is 0 Å². The van der Waals surface area contributed by atoms with E-state index in [2.05, 4.69) is 5.32 Å². The zero-order valence-electron chi connectivity index (χ0n) is 9.12. The normalized spacial score (nSPS) is 9.93. The van der Waals surface area contributed by atoms with Gasteiger partial charge in [-0.1, -0.05) is 19.1 Å². The number of rotatable bonds is 5. The van der Waals surface area contributed by atoms with Crippen molar-refractivity contribution in [3.63, 3.8) is 0 Å². The van der Waals surface area contributed by atoms with E-state index in [0.717, 1.165) is 30.6 Å². The van der Waals surface area contributed by atoms with Gasteiger partial charge in [0.25, 0.3) is 0 Å². The smallest absolute Gasteiger partial charge is 0.220 e. The Morgan fingerprint density at radius 1 is 1.33 bits per heavy atom. The lowest BCUT2D eigenvalue weighted by Crippen LogP contribution is -2.24. The van der Waals surface area contributed by atoms with E-state index in [-0.39, 0.29) is 5.91 Å². The van der Waals surface area contributed by atoms with Crippen molar-refractivity contribution >= 4 is 11.6 Å². The first kappa shape index (κ1) is 11.6. The van der Waals surface area contributed by atoms with Crippen molar-refractivity contribution in [3.8, 4) is 0 Å². The maximum Gasteiger partial charge on any atom is 0.220 e. The molecule has 1 rings (SSSR count). The van der Waals surface area contributed by atoms with Crippen molar-refractivity contribution in [1.82, 2.24) is 5.32 Å². The molecule has 1 aromatic rings. The molecule has 0 aromatic heterocycles. The van der Waals surface area contributed by atoms with Gasteiger partial charge >= 0.3 is 0 Å². The van der Waals surface area contributed by atoms with Gasteiger partial charge in [0, 0.05) is 18.7 Å². The fourth-order valence-corrected chi connectivity index (χ4v) is 1.29. The van der Waals surface area contributed by atoms with Crippen LogP contribution in [-0.2, 0) is 11.2 Å². The van der Waals surface area contributed by atoms with Crippen LogP contribution in [0, 0.1) is 0 Å². The fraction of sp³-hybridized carbons (Fsp3) is 0.417. The summed E-state index contributed by atoms with van der Waals surface area (Å²) in [5.41, 5.74) is 7.48. The van der Waals surface area contributed by atoms with Crippen LogP contribution < -0.4 is 11.1 Å². The van der Waals surface area contributed by atoms with Crippen LogP contribution in [0.1, 0.15) is 25.3 Å². The van der Waals surface area contributed by atoms with Crippen LogP contribution in [-0.4, -0.2) is 12.5 Å². The molecule has 0 aliphatic carbocycles. The molecule has 0 aliphatic rings. The molecular weight excluding hydrogens is 188 g/mol. The number of nitrogens with one attached hydrogen (secondary N) is 1. The predicted octanol–water partition coefficient (Wildman–Crippen LogP) is 1.73. The maximum atomic E-state index is 11.3. The first-order chi connectivity index (χ1) is 7.22. The molecule has 82 valence electrons. The largest absolute Gasteiger partial charge is 0.399 e. The number of carbonyl (C=O) groups is 1. The van der Waals surface area contributed by atoms with Crippen LogP contribution in [0.25, 0.3) is 0 Å². The zero-order chi connectivity index (χ0) is 11.1. The van der Waals surface area contributed by atoms with Crippen molar-refractivity contribution in [2.75, 3.05) is 12.3 Å². The molecular formula is C12H18N2O. The van der Waals surface area contributed by atoms with Crippen molar-refractivity contribution < 1.29 is 4.79 Å². The summed E-state index contributed by atoms with van der Waals surface area (Å²) in [4.78, 5) is 11.3. The van der Waals surface area contributed by atoms with E-state index in [1.54, 1.807) is 0 Å². The molecule has 0 radical (unpaired) electrons. The SMILES string of the molecule is CCCNC(=O)CCc1ccc(N)cc1. The Hall–Kier alpha value is -1.51. The molecule has 0 aliphatic heterocycles. The summed E-state index contributed by atoms with van der Waals surface area (Å²) in [6.07, 6.45) is 2.30. The number of aryl methyl sites for hydroxylation is 1. The molecule has 0 saturated heterocycles. The summed E-state index contributed by atoms with van der Waals surface area (Å²) < 4.78 is 0. The van der Waals surface area contributed by atoms with Gasteiger partial charge in [-0.3, -0.25) is 4.79 Å². The third-order valence-corrected chi connectivity index (χ3v) is 2.19. The van der Waals surface area contributed by atoms with Gasteiger partial charge < -0.3 is 11.1 Å². The van der Waals surface area contributed by atoms with Gasteiger partial charge in [-0.25, -0.2) is 0 Å². The van der Waals surface area contributed by atoms with Gasteiger partial charge in [-0.15, -0.1) is 0 Å². The van der Waals surface area contributed by atoms with E-state index >= 15 is 0 Å². The molecule has 0 atom stereocenters. The summed E-state index contributed by atoms with van der Waals surface area (Å²) in [7, 11) is 0. The van der Waals surface area contributed by atoms with Crippen LogP contribution in [0.4, 0.5) is 5.69 Å². The van der Waals surface area contributed by atoms with Gasteiger partial charge in [0.2, 0.25) is 5.91 Å². The standard InChI is InChI=1S/C12H18N2O/c1-2-9-14-12(15)8-5-10-3-6-11(13)7-4-10/h3-4,6-7H,2,5,8-9,13H2,1H3,(H,14,15). The monoisotopic (exact) mass is 206 g/mol. The molecule has 0 heterocycles. The lowest BCUT2D eigenvalue weighted by atomic mass is 10.1. The summed E-state index contributed by atoms with van der Waals surface area (Å²) in [6, 6.07) is 7.64. The third-order valence-electron chi connectivity index (χ3n) is 2.19. The van der Waals surface area contributed by atoms with Crippen LogP contribution in [0.15, 0.2) is 24.3 Å². The highest BCUT2D eigenvalue weighted by atomic mass is 16.1. The summed E-state index contributed by atoms with van der Waals surface area (Å²) in [6.45, 7) is 2.81. The molecule has 0 fully saturated rings. The molecule has 1 aromatic carbocycles. The van der Waals surface area contributed by atoms with E-state index in [4.69, 9.17) is 5.73 Å². The van der Waals surface area contributed by atoms with Gasteiger partial charge in [0.15, 0.2) is 0 Å². The van der Waals surface area contributed by atoms with Gasteiger partial charge in [0.1, 0.15) is 0 Å². The van der Waals surface area contributed by atoms with Crippen molar-refractivity contribution in [1.29, 1.82) is 0 Å². The number of amides is 1. The zero-order valence-corrected chi connectivity index (χ0v) is 9.12. The number of hydrogen-bond donors (Lipinski definition) is 2. The van der Waals surface area contributed by atoms with Crippen molar-refractivity contribution in [3.05, 3.63) is 29.8 Å². The Morgan fingerprint density at radius 2 is 2.00 bits per heavy atom. The van der Waals surface area contributed by atoms with Gasteiger partial charge in [-0.05, 0) is 30.5 Å². The maximum absolute atomic E-state index is 11.3. The lowest BCUT2D eigenvalue weighted by Gasteiger charge is -2.03. The first-order valence-corrected chi connectivity index (χ1v) is 5.33. The molecule has 0 saturated carbocycles. The molecule has 3 N–H and O–H groups in total. The van der Waals surface area contributed by atoms with Crippen LogP contribution in [0.2, 0.25) is 0 Å². The van der Waals surface area contributed by atoms with Crippen molar-refractivity contribution in [2.24, 2.45) is 0 Å². The highest BCUT2D eigenvalue weighted by molar-refractivity contribution is 5.76.